The molecule has 1 saturated heterocycles. The highest BCUT2D eigenvalue weighted by Gasteiger charge is 2.23. The summed E-state index contributed by atoms with van der Waals surface area (Å²) in [5.41, 5.74) is 3.86. The minimum absolute atomic E-state index is 0.0132. The molecule has 4 rings (SSSR count). The Kier molecular flexibility index (Phi) is 6.73. The van der Waals surface area contributed by atoms with Crippen molar-refractivity contribution in [2.45, 2.75) is 18.7 Å². The lowest BCUT2D eigenvalue weighted by Crippen LogP contribution is -2.43. The van der Waals surface area contributed by atoms with Gasteiger partial charge in [-0.3, -0.25) is 14.6 Å². The van der Waals surface area contributed by atoms with E-state index in [1.807, 2.05) is 36.9 Å². The fraction of sp³-hybridized carbons (Fsp3) is 0.391. The normalized spacial score (nSPS) is 14.9. The van der Waals surface area contributed by atoms with Crippen molar-refractivity contribution in [3.63, 3.8) is 0 Å². The van der Waals surface area contributed by atoms with Crippen LogP contribution in [-0.2, 0) is 4.74 Å². The molecule has 0 unspecified atom stereocenters. The fourth-order valence-electron chi connectivity index (χ4n) is 3.74. The van der Waals surface area contributed by atoms with Gasteiger partial charge in [0.15, 0.2) is 5.13 Å². The Labute approximate surface area is 186 Å². The topological polar surface area (TPSA) is 45.7 Å². The quantitative estimate of drug-likeness (QED) is 0.523. The van der Waals surface area contributed by atoms with E-state index in [9.17, 15) is 4.79 Å². The van der Waals surface area contributed by atoms with Crippen molar-refractivity contribution < 1.29 is 9.53 Å². The van der Waals surface area contributed by atoms with Gasteiger partial charge in [0.25, 0.3) is 5.91 Å². The molecule has 0 spiro atoms. The van der Waals surface area contributed by atoms with Crippen molar-refractivity contribution in [2.75, 3.05) is 50.5 Å². The molecule has 0 atom stereocenters. The second kappa shape index (κ2) is 9.47. The molecule has 158 valence electrons. The van der Waals surface area contributed by atoms with Gasteiger partial charge in [0.05, 0.1) is 23.4 Å². The van der Waals surface area contributed by atoms with E-state index in [2.05, 4.69) is 29.4 Å². The van der Waals surface area contributed by atoms with Gasteiger partial charge in [-0.2, -0.15) is 0 Å². The Bertz CT molecular complexity index is 1020. The van der Waals surface area contributed by atoms with Crippen LogP contribution < -0.4 is 4.90 Å². The van der Waals surface area contributed by atoms with Crippen LogP contribution in [0.3, 0.4) is 0 Å². The van der Waals surface area contributed by atoms with Gasteiger partial charge in [-0.05, 0) is 50.4 Å². The van der Waals surface area contributed by atoms with Crippen LogP contribution in [0.5, 0.6) is 0 Å². The Morgan fingerprint density at radius 3 is 2.60 bits per heavy atom. The van der Waals surface area contributed by atoms with Gasteiger partial charge in [0, 0.05) is 36.6 Å². The number of thiazole rings is 1. The Morgan fingerprint density at radius 1 is 1.17 bits per heavy atom. The van der Waals surface area contributed by atoms with Crippen LogP contribution in [0.2, 0.25) is 0 Å². The number of carbonyl (C=O) groups is 1. The Balaban J connectivity index is 1.66. The maximum atomic E-state index is 13.6. The molecule has 2 heterocycles. The van der Waals surface area contributed by atoms with Gasteiger partial charge in [-0.1, -0.05) is 28.5 Å². The van der Waals surface area contributed by atoms with Crippen molar-refractivity contribution in [3.05, 3.63) is 53.1 Å². The first-order valence-electron chi connectivity index (χ1n) is 10.2. The summed E-state index contributed by atoms with van der Waals surface area (Å²) in [5.74, 6) is 0.0132. The number of anilines is 1. The second-order valence-electron chi connectivity index (χ2n) is 7.62. The first-order chi connectivity index (χ1) is 14.5. The highest BCUT2D eigenvalue weighted by molar-refractivity contribution is 7.98. The predicted octanol–water partition coefficient (Wildman–Crippen LogP) is 4.61. The molecule has 1 aliphatic heterocycles. The number of morpholine rings is 1. The van der Waals surface area contributed by atoms with Gasteiger partial charge >= 0.3 is 0 Å². The van der Waals surface area contributed by atoms with E-state index < -0.39 is 0 Å². The molecule has 0 radical (unpaired) electrons. The summed E-state index contributed by atoms with van der Waals surface area (Å²) in [6.07, 6.45) is 2.07. The second-order valence-corrected chi connectivity index (χ2v) is 9.51. The number of ether oxygens (including phenoxy) is 1. The number of aryl methyl sites for hydroxylation is 2. The summed E-state index contributed by atoms with van der Waals surface area (Å²) in [7, 11) is 0. The lowest BCUT2D eigenvalue weighted by atomic mass is 10.1. The van der Waals surface area contributed by atoms with Crippen LogP contribution in [0.15, 0.2) is 41.3 Å². The molecular formula is C23H27N3O2S2. The molecule has 1 fully saturated rings. The molecule has 0 bridgehead atoms. The summed E-state index contributed by atoms with van der Waals surface area (Å²) in [6.45, 7) is 8.80. The maximum absolute atomic E-state index is 13.6. The minimum Gasteiger partial charge on any atom is -0.379 e. The molecule has 30 heavy (non-hydrogen) atoms. The lowest BCUT2D eigenvalue weighted by molar-refractivity contribution is 0.0391. The zero-order chi connectivity index (χ0) is 21.1. The van der Waals surface area contributed by atoms with Crippen molar-refractivity contribution in [1.82, 2.24) is 9.88 Å². The fourth-order valence-corrected chi connectivity index (χ4v) is 5.28. The van der Waals surface area contributed by atoms with Crippen LogP contribution in [0, 0.1) is 13.8 Å². The lowest BCUT2D eigenvalue weighted by Gasteiger charge is -2.29. The molecule has 2 aromatic carbocycles. The molecule has 7 heteroatoms. The average molecular weight is 442 g/mol. The van der Waals surface area contributed by atoms with E-state index in [0.717, 1.165) is 64.9 Å². The Morgan fingerprint density at radius 2 is 1.90 bits per heavy atom. The van der Waals surface area contributed by atoms with Crippen LogP contribution in [-0.4, -0.2) is 61.4 Å². The third-order valence-electron chi connectivity index (χ3n) is 5.27. The molecule has 1 amide bonds. The number of benzene rings is 2. The van der Waals surface area contributed by atoms with Crippen LogP contribution in [0.4, 0.5) is 5.13 Å². The molecule has 0 N–H and O–H groups in total. The number of hydrogen-bond donors (Lipinski definition) is 0. The van der Waals surface area contributed by atoms with E-state index in [1.54, 1.807) is 23.1 Å². The highest BCUT2D eigenvalue weighted by atomic mass is 32.2. The number of aromatic nitrogens is 1. The van der Waals surface area contributed by atoms with E-state index in [4.69, 9.17) is 9.72 Å². The van der Waals surface area contributed by atoms with Crippen molar-refractivity contribution in [2.24, 2.45) is 0 Å². The van der Waals surface area contributed by atoms with Gasteiger partial charge < -0.3 is 4.74 Å². The number of thioether (sulfide) groups is 1. The van der Waals surface area contributed by atoms with E-state index in [-0.39, 0.29) is 5.91 Å². The third kappa shape index (κ3) is 4.86. The summed E-state index contributed by atoms with van der Waals surface area (Å²) in [5, 5.41) is 0.765. The van der Waals surface area contributed by atoms with E-state index in [0.29, 0.717) is 6.54 Å². The molecule has 0 aliphatic carbocycles. The number of nitrogens with zero attached hydrogens (tertiary/aromatic N) is 3. The van der Waals surface area contributed by atoms with E-state index in [1.165, 1.54) is 4.90 Å². The number of rotatable bonds is 6. The Hall–Kier alpha value is -1.93. The van der Waals surface area contributed by atoms with Crippen molar-refractivity contribution >= 4 is 44.4 Å². The first kappa shape index (κ1) is 21.3. The molecule has 5 nitrogen and oxygen atoms in total. The number of amides is 1. The third-order valence-corrected chi connectivity index (χ3v) is 7.04. The summed E-state index contributed by atoms with van der Waals surface area (Å²) in [6, 6.07) is 12.3. The minimum atomic E-state index is 0.0132. The smallest absolute Gasteiger partial charge is 0.260 e. The molecule has 3 aromatic rings. The maximum Gasteiger partial charge on any atom is 0.260 e. The highest BCUT2D eigenvalue weighted by Crippen LogP contribution is 2.32. The summed E-state index contributed by atoms with van der Waals surface area (Å²) in [4.78, 5) is 23.8. The monoisotopic (exact) mass is 441 g/mol. The predicted molar refractivity (Wildman–Crippen MR) is 126 cm³/mol. The van der Waals surface area contributed by atoms with E-state index >= 15 is 0 Å². The molecule has 1 aromatic heterocycles. The molecule has 0 saturated carbocycles. The zero-order valence-corrected chi connectivity index (χ0v) is 19.3. The van der Waals surface area contributed by atoms with Gasteiger partial charge in [0.2, 0.25) is 0 Å². The van der Waals surface area contributed by atoms with Crippen molar-refractivity contribution in [3.8, 4) is 0 Å². The number of hydrogen-bond acceptors (Lipinski definition) is 6. The molecular weight excluding hydrogens is 414 g/mol. The number of fused-ring (bicyclic) bond motifs is 1. The standard InChI is InChI=1S/C23H27N3O2S2/c1-16-12-17(2)14-18(13-16)22(27)26(7-6-25-8-10-28-11-9-25)23-24-20-5-4-19(29-3)15-21(20)30-23/h4-5,12-15H,6-11H2,1-3H3. The summed E-state index contributed by atoms with van der Waals surface area (Å²) >= 11 is 3.31. The van der Waals surface area contributed by atoms with Gasteiger partial charge in [0.1, 0.15) is 0 Å². The molecule has 1 aliphatic rings. The zero-order valence-electron chi connectivity index (χ0n) is 17.7. The average Bonchev–Trinajstić information content (AvgIpc) is 3.16. The SMILES string of the molecule is CSc1ccc2nc(N(CCN3CCOCC3)C(=O)c3cc(C)cc(C)c3)sc2c1. The largest absolute Gasteiger partial charge is 0.379 e. The number of carbonyl (C=O) groups excluding carboxylic acids is 1. The van der Waals surface area contributed by atoms with Gasteiger partial charge in [-0.15, -0.1) is 11.8 Å². The van der Waals surface area contributed by atoms with Crippen molar-refractivity contribution in [1.29, 1.82) is 0 Å². The van der Waals surface area contributed by atoms with Gasteiger partial charge in [-0.25, -0.2) is 4.98 Å². The van der Waals surface area contributed by atoms with Crippen LogP contribution >= 0.6 is 23.1 Å². The summed E-state index contributed by atoms with van der Waals surface area (Å²) < 4.78 is 6.57. The van der Waals surface area contributed by atoms with Crippen LogP contribution in [0.25, 0.3) is 10.2 Å². The first-order valence-corrected chi connectivity index (χ1v) is 12.2. The van der Waals surface area contributed by atoms with Crippen LogP contribution in [0.1, 0.15) is 21.5 Å².